The summed E-state index contributed by atoms with van der Waals surface area (Å²) in [4.78, 5) is 32.4. The number of carbonyl (C=O) groups is 2. The maximum atomic E-state index is 13.1. The lowest BCUT2D eigenvalue weighted by Crippen LogP contribution is -2.41. The zero-order valence-electron chi connectivity index (χ0n) is 18.3. The molecule has 31 heavy (non-hydrogen) atoms. The number of nitrogens with zero attached hydrogens (tertiary/aromatic N) is 4. The molecule has 1 aromatic carbocycles. The lowest BCUT2D eigenvalue weighted by Gasteiger charge is -2.27. The maximum absolute atomic E-state index is 13.1. The SMILES string of the molecule is Cc1nc2c(cnn2C(C)C)cc1C(=O)Nc1cccc(C(=O)N2CCOCC2)c1C. The smallest absolute Gasteiger partial charge is 0.257 e. The molecule has 0 radical (unpaired) electrons. The molecule has 0 bridgehead atoms. The van der Waals surface area contributed by atoms with Crippen molar-refractivity contribution < 1.29 is 14.3 Å². The molecule has 8 nitrogen and oxygen atoms in total. The zero-order valence-corrected chi connectivity index (χ0v) is 18.3. The van der Waals surface area contributed by atoms with Crippen LogP contribution in [0.2, 0.25) is 0 Å². The lowest BCUT2D eigenvalue weighted by molar-refractivity contribution is 0.0302. The molecule has 2 aromatic heterocycles. The average molecular weight is 422 g/mol. The Balaban J connectivity index is 1.60. The molecule has 8 heteroatoms. The van der Waals surface area contributed by atoms with Crippen molar-refractivity contribution in [2.45, 2.75) is 33.7 Å². The maximum Gasteiger partial charge on any atom is 0.257 e. The van der Waals surface area contributed by atoms with E-state index in [0.29, 0.717) is 48.8 Å². The average Bonchev–Trinajstić information content (AvgIpc) is 3.17. The number of benzene rings is 1. The monoisotopic (exact) mass is 421 g/mol. The summed E-state index contributed by atoms with van der Waals surface area (Å²) < 4.78 is 7.18. The van der Waals surface area contributed by atoms with Crippen LogP contribution in [0.15, 0.2) is 30.5 Å². The fourth-order valence-electron chi connectivity index (χ4n) is 3.80. The van der Waals surface area contributed by atoms with E-state index in [1.54, 1.807) is 29.3 Å². The van der Waals surface area contributed by atoms with E-state index < -0.39 is 0 Å². The van der Waals surface area contributed by atoms with Gasteiger partial charge in [0.2, 0.25) is 0 Å². The van der Waals surface area contributed by atoms with Gasteiger partial charge in [0.1, 0.15) is 0 Å². The van der Waals surface area contributed by atoms with E-state index in [1.807, 2.05) is 38.4 Å². The number of morpholine rings is 1. The largest absolute Gasteiger partial charge is 0.378 e. The Morgan fingerprint density at radius 3 is 2.58 bits per heavy atom. The van der Waals surface area contributed by atoms with Crippen LogP contribution in [-0.4, -0.2) is 57.8 Å². The number of anilines is 1. The topological polar surface area (TPSA) is 89.3 Å². The first-order valence-electron chi connectivity index (χ1n) is 10.5. The Morgan fingerprint density at radius 1 is 1.13 bits per heavy atom. The number of hydrogen-bond donors (Lipinski definition) is 1. The number of fused-ring (bicyclic) bond motifs is 1. The van der Waals surface area contributed by atoms with E-state index in [0.717, 1.165) is 16.6 Å². The standard InChI is InChI=1S/C23H27N5O3/c1-14(2)28-21-17(13-24-28)12-19(16(4)25-21)22(29)26-20-7-5-6-18(15(20)3)23(30)27-8-10-31-11-9-27/h5-7,12-14H,8-11H2,1-4H3,(H,26,29). The Hall–Kier alpha value is -3.26. The summed E-state index contributed by atoms with van der Waals surface area (Å²) in [6, 6.07) is 7.39. The van der Waals surface area contributed by atoms with Crippen LogP contribution in [0, 0.1) is 13.8 Å². The van der Waals surface area contributed by atoms with Gasteiger partial charge in [0.25, 0.3) is 11.8 Å². The van der Waals surface area contributed by atoms with E-state index in [2.05, 4.69) is 15.4 Å². The van der Waals surface area contributed by atoms with Crippen LogP contribution in [0.1, 0.15) is 51.9 Å². The molecule has 1 aliphatic rings. The first-order valence-corrected chi connectivity index (χ1v) is 10.5. The molecule has 0 unspecified atom stereocenters. The molecule has 162 valence electrons. The van der Waals surface area contributed by atoms with E-state index in [-0.39, 0.29) is 17.9 Å². The molecule has 0 aliphatic carbocycles. The molecule has 1 fully saturated rings. The van der Waals surface area contributed by atoms with Gasteiger partial charge in [-0.3, -0.25) is 9.59 Å². The predicted molar refractivity (Wildman–Crippen MR) is 119 cm³/mol. The zero-order chi connectivity index (χ0) is 22.1. The van der Waals surface area contributed by atoms with Crippen molar-refractivity contribution in [1.82, 2.24) is 19.7 Å². The van der Waals surface area contributed by atoms with Crippen LogP contribution in [0.4, 0.5) is 5.69 Å². The van der Waals surface area contributed by atoms with Crippen molar-refractivity contribution in [2.75, 3.05) is 31.6 Å². The normalized spacial score (nSPS) is 14.3. The van der Waals surface area contributed by atoms with Crippen LogP contribution >= 0.6 is 0 Å². The molecular weight excluding hydrogens is 394 g/mol. The van der Waals surface area contributed by atoms with Gasteiger partial charge in [0.05, 0.1) is 30.7 Å². The minimum Gasteiger partial charge on any atom is -0.378 e. The second-order valence-corrected chi connectivity index (χ2v) is 8.05. The highest BCUT2D eigenvalue weighted by atomic mass is 16.5. The lowest BCUT2D eigenvalue weighted by atomic mass is 10.0. The number of carbonyl (C=O) groups excluding carboxylic acids is 2. The van der Waals surface area contributed by atoms with Crippen molar-refractivity contribution >= 4 is 28.5 Å². The van der Waals surface area contributed by atoms with Gasteiger partial charge < -0.3 is 15.0 Å². The number of nitrogens with one attached hydrogen (secondary N) is 1. The van der Waals surface area contributed by atoms with Crippen LogP contribution in [-0.2, 0) is 4.74 Å². The third kappa shape index (κ3) is 4.03. The minimum atomic E-state index is -0.261. The summed E-state index contributed by atoms with van der Waals surface area (Å²) in [5, 5.41) is 8.16. The minimum absolute atomic E-state index is 0.0442. The van der Waals surface area contributed by atoms with Gasteiger partial charge in [-0.15, -0.1) is 0 Å². The molecule has 4 rings (SSSR count). The molecule has 0 atom stereocenters. The van der Waals surface area contributed by atoms with Crippen molar-refractivity contribution in [2.24, 2.45) is 0 Å². The number of pyridine rings is 1. The van der Waals surface area contributed by atoms with Crippen molar-refractivity contribution in [3.05, 3.63) is 52.8 Å². The summed E-state index contributed by atoms with van der Waals surface area (Å²) in [5.74, 6) is -0.305. The Labute approximate surface area is 181 Å². The van der Waals surface area contributed by atoms with Crippen LogP contribution in [0.25, 0.3) is 11.0 Å². The van der Waals surface area contributed by atoms with Gasteiger partial charge in [-0.05, 0) is 51.5 Å². The van der Waals surface area contributed by atoms with Crippen LogP contribution < -0.4 is 5.32 Å². The molecule has 1 aliphatic heterocycles. The summed E-state index contributed by atoms with van der Waals surface area (Å²) in [7, 11) is 0. The number of aryl methyl sites for hydroxylation is 1. The van der Waals surface area contributed by atoms with E-state index in [9.17, 15) is 9.59 Å². The predicted octanol–water partition coefficient (Wildman–Crippen LogP) is 3.35. The summed E-state index contributed by atoms with van der Waals surface area (Å²) in [5.41, 5.74) is 3.82. The number of rotatable bonds is 4. The number of hydrogen-bond acceptors (Lipinski definition) is 5. The van der Waals surface area contributed by atoms with Gasteiger partial charge in [0.15, 0.2) is 5.65 Å². The van der Waals surface area contributed by atoms with E-state index in [4.69, 9.17) is 4.74 Å². The van der Waals surface area contributed by atoms with E-state index in [1.165, 1.54) is 0 Å². The van der Waals surface area contributed by atoms with Gasteiger partial charge in [-0.2, -0.15) is 5.10 Å². The second-order valence-electron chi connectivity index (χ2n) is 8.05. The molecule has 0 spiro atoms. The van der Waals surface area contributed by atoms with Gasteiger partial charge >= 0.3 is 0 Å². The molecule has 3 aromatic rings. The van der Waals surface area contributed by atoms with Gasteiger partial charge in [0, 0.05) is 35.8 Å². The molecule has 2 amide bonds. The number of aromatic nitrogens is 3. The van der Waals surface area contributed by atoms with Crippen LogP contribution in [0.3, 0.4) is 0 Å². The molecule has 1 saturated heterocycles. The third-order valence-corrected chi connectivity index (χ3v) is 5.60. The summed E-state index contributed by atoms with van der Waals surface area (Å²) >= 11 is 0. The quantitative estimate of drug-likeness (QED) is 0.698. The summed E-state index contributed by atoms with van der Waals surface area (Å²) in [6.07, 6.45) is 1.73. The van der Waals surface area contributed by atoms with Crippen molar-refractivity contribution in [3.63, 3.8) is 0 Å². The Kier molecular flexibility index (Phi) is 5.73. The van der Waals surface area contributed by atoms with E-state index >= 15 is 0 Å². The number of amides is 2. The Bertz CT molecular complexity index is 1150. The fraction of sp³-hybridized carbons (Fsp3) is 0.391. The van der Waals surface area contributed by atoms with Crippen molar-refractivity contribution in [3.8, 4) is 0 Å². The number of ether oxygens (including phenoxy) is 1. The molecule has 3 heterocycles. The molecular formula is C23H27N5O3. The second kappa shape index (κ2) is 8.47. The van der Waals surface area contributed by atoms with Crippen molar-refractivity contribution in [1.29, 1.82) is 0 Å². The fourth-order valence-corrected chi connectivity index (χ4v) is 3.80. The first kappa shape index (κ1) is 21.0. The molecule has 1 N–H and O–H groups in total. The highest BCUT2D eigenvalue weighted by Crippen LogP contribution is 2.24. The highest BCUT2D eigenvalue weighted by Gasteiger charge is 2.22. The summed E-state index contributed by atoms with van der Waals surface area (Å²) in [6.45, 7) is 9.98. The Morgan fingerprint density at radius 2 is 1.87 bits per heavy atom. The van der Waals surface area contributed by atoms with Gasteiger partial charge in [-0.1, -0.05) is 6.07 Å². The third-order valence-electron chi connectivity index (χ3n) is 5.60. The van der Waals surface area contributed by atoms with Gasteiger partial charge in [-0.25, -0.2) is 9.67 Å². The molecule has 0 saturated carbocycles. The van der Waals surface area contributed by atoms with Crippen LogP contribution in [0.5, 0.6) is 0 Å². The first-order chi connectivity index (χ1) is 14.9. The highest BCUT2D eigenvalue weighted by molar-refractivity contribution is 6.08.